The van der Waals surface area contributed by atoms with E-state index in [0.29, 0.717) is 35.9 Å². The van der Waals surface area contributed by atoms with Crippen molar-refractivity contribution in [2.45, 2.75) is 43.8 Å². The summed E-state index contributed by atoms with van der Waals surface area (Å²) in [5.41, 5.74) is 0.316. The van der Waals surface area contributed by atoms with Gasteiger partial charge in [-0.25, -0.2) is 27.2 Å². The molecule has 2 aliphatic rings. The molecule has 1 N–H and O–H groups in total. The SMILES string of the molecule is CC(O)CS(=O)(=O)c1ccc(COC[C@@H]2C[C@@H]2C2CCN(c3ncc(F)cn3)CC2)c(F)c1. The molecule has 2 aromatic rings. The van der Waals surface area contributed by atoms with Crippen LogP contribution in [-0.2, 0) is 21.2 Å². The van der Waals surface area contributed by atoms with Gasteiger partial charge in [0.15, 0.2) is 15.7 Å². The highest BCUT2D eigenvalue weighted by molar-refractivity contribution is 7.91. The van der Waals surface area contributed by atoms with E-state index in [1.54, 1.807) is 0 Å². The van der Waals surface area contributed by atoms with Crippen LogP contribution in [0.2, 0.25) is 0 Å². The second kappa shape index (κ2) is 9.99. The molecule has 1 unspecified atom stereocenters. The highest BCUT2D eigenvalue weighted by Gasteiger charge is 2.43. The van der Waals surface area contributed by atoms with Gasteiger partial charge in [-0.2, -0.15) is 0 Å². The van der Waals surface area contributed by atoms with Crippen molar-refractivity contribution in [2.75, 3.05) is 30.3 Å². The molecule has 1 aliphatic carbocycles. The van der Waals surface area contributed by atoms with Crippen LogP contribution in [0.15, 0.2) is 35.5 Å². The first-order chi connectivity index (χ1) is 15.7. The Kier molecular flexibility index (Phi) is 7.25. The summed E-state index contributed by atoms with van der Waals surface area (Å²) in [7, 11) is -3.72. The Morgan fingerprint density at radius 2 is 1.91 bits per heavy atom. The van der Waals surface area contributed by atoms with Gasteiger partial charge in [-0.15, -0.1) is 0 Å². The second-order valence-electron chi connectivity index (χ2n) is 9.08. The number of halogens is 2. The lowest BCUT2D eigenvalue weighted by Crippen LogP contribution is -2.35. The van der Waals surface area contributed by atoms with Crippen LogP contribution in [0.1, 0.15) is 31.7 Å². The lowest BCUT2D eigenvalue weighted by molar-refractivity contribution is 0.102. The molecule has 10 heteroatoms. The Morgan fingerprint density at radius 1 is 1.21 bits per heavy atom. The van der Waals surface area contributed by atoms with Gasteiger partial charge in [0.25, 0.3) is 0 Å². The summed E-state index contributed by atoms with van der Waals surface area (Å²) < 4.78 is 57.4. The zero-order valence-electron chi connectivity index (χ0n) is 18.5. The van der Waals surface area contributed by atoms with Crippen LogP contribution in [0.5, 0.6) is 0 Å². The molecule has 0 amide bonds. The number of ether oxygens (including phenoxy) is 1. The van der Waals surface area contributed by atoms with Crippen LogP contribution >= 0.6 is 0 Å². The fourth-order valence-corrected chi connectivity index (χ4v) is 5.99. The van der Waals surface area contributed by atoms with E-state index < -0.39 is 33.3 Å². The first-order valence-corrected chi connectivity index (χ1v) is 12.9. The maximum absolute atomic E-state index is 14.4. The average molecular weight is 482 g/mol. The quantitative estimate of drug-likeness (QED) is 0.589. The molecule has 4 rings (SSSR count). The lowest BCUT2D eigenvalue weighted by Gasteiger charge is -2.32. The highest BCUT2D eigenvalue weighted by atomic mass is 32.2. The van der Waals surface area contributed by atoms with E-state index in [1.165, 1.54) is 31.5 Å². The van der Waals surface area contributed by atoms with Crippen molar-refractivity contribution >= 4 is 15.8 Å². The van der Waals surface area contributed by atoms with Gasteiger partial charge in [0.2, 0.25) is 5.95 Å². The van der Waals surface area contributed by atoms with E-state index in [2.05, 4.69) is 14.9 Å². The number of hydrogen-bond acceptors (Lipinski definition) is 7. The smallest absolute Gasteiger partial charge is 0.225 e. The Balaban J connectivity index is 1.21. The van der Waals surface area contributed by atoms with Crippen molar-refractivity contribution in [3.63, 3.8) is 0 Å². The molecular formula is C23H29F2N3O4S. The molecule has 1 saturated carbocycles. The molecular weight excluding hydrogens is 452 g/mol. The summed E-state index contributed by atoms with van der Waals surface area (Å²) in [6.07, 6.45) is 4.51. The zero-order valence-corrected chi connectivity index (χ0v) is 19.3. The van der Waals surface area contributed by atoms with E-state index in [1.807, 2.05) is 0 Å². The third-order valence-corrected chi connectivity index (χ3v) is 8.34. The Hall–Kier alpha value is -2.17. The highest BCUT2D eigenvalue weighted by Crippen LogP contribution is 2.48. The fourth-order valence-electron chi connectivity index (χ4n) is 4.61. The zero-order chi connectivity index (χ0) is 23.6. The number of piperidine rings is 1. The van der Waals surface area contributed by atoms with Crippen LogP contribution in [0.3, 0.4) is 0 Å². The van der Waals surface area contributed by atoms with Crippen molar-refractivity contribution in [2.24, 2.45) is 17.8 Å². The first-order valence-electron chi connectivity index (χ1n) is 11.2. The normalized spacial score (nSPS) is 22.4. The van der Waals surface area contributed by atoms with Crippen molar-refractivity contribution < 1.29 is 27.0 Å². The molecule has 2 heterocycles. The topological polar surface area (TPSA) is 92.6 Å². The maximum atomic E-state index is 14.4. The first kappa shape index (κ1) is 24.0. The standard InChI is InChI=1S/C23H29F2N3O4S/c1-15(29)14-33(30,31)20-3-2-17(22(25)9-20)12-32-13-18-8-21(18)16-4-6-28(7-5-16)23-26-10-19(24)11-27-23/h2-3,9-11,15-16,18,21,29H,4-8,12-14H2,1H3/t15?,18-,21+/m0/s1. The van der Waals surface area contributed by atoms with E-state index in [-0.39, 0.29) is 11.5 Å². The van der Waals surface area contributed by atoms with Gasteiger partial charge in [0.05, 0.1) is 42.4 Å². The van der Waals surface area contributed by atoms with Crippen LogP contribution in [0.4, 0.5) is 14.7 Å². The third kappa shape index (κ3) is 6.04. The van der Waals surface area contributed by atoms with Crippen LogP contribution in [0.25, 0.3) is 0 Å². The Labute approximate surface area is 192 Å². The van der Waals surface area contributed by atoms with Crippen LogP contribution in [0, 0.1) is 29.4 Å². The Morgan fingerprint density at radius 3 is 2.55 bits per heavy atom. The summed E-state index contributed by atoms with van der Waals surface area (Å²) in [5, 5.41) is 9.32. The summed E-state index contributed by atoms with van der Waals surface area (Å²) in [6.45, 7) is 3.70. The predicted octanol–water partition coefficient (Wildman–Crippen LogP) is 2.98. The van der Waals surface area contributed by atoms with Crippen molar-refractivity contribution in [1.29, 1.82) is 0 Å². The van der Waals surface area contributed by atoms with Gasteiger partial charge in [0.1, 0.15) is 5.82 Å². The lowest BCUT2D eigenvalue weighted by atomic mass is 9.91. The van der Waals surface area contributed by atoms with Crippen LogP contribution < -0.4 is 4.90 Å². The second-order valence-corrected chi connectivity index (χ2v) is 11.1. The molecule has 0 radical (unpaired) electrons. The van der Waals surface area contributed by atoms with Gasteiger partial charge in [0, 0.05) is 18.7 Å². The third-order valence-electron chi connectivity index (χ3n) is 6.45. The molecule has 33 heavy (non-hydrogen) atoms. The van der Waals surface area contributed by atoms with E-state index in [4.69, 9.17) is 4.74 Å². The largest absolute Gasteiger partial charge is 0.392 e. The predicted molar refractivity (Wildman–Crippen MR) is 118 cm³/mol. The number of anilines is 1. The van der Waals surface area contributed by atoms with Gasteiger partial charge in [-0.1, -0.05) is 6.07 Å². The molecule has 1 aromatic carbocycles. The summed E-state index contributed by atoms with van der Waals surface area (Å²) in [6, 6.07) is 3.79. The molecule has 1 aliphatic heterocycles. The molecule has 1 aromatic heterocycles. The van der Waals surface area contributed by atoms with Gasteiger partial charge in [-0.3, -0.25) is 0 Å². The van der Waals surface area contributed by atoms with Crippen LogP contribution in [-0.4, -0.2) is 55.0 Å². The molecule has 0 bridgehead atoms. The number of rotatable bonds is 9. The Bertz CT molecular complexity index is 1060. The van der Waals surface area contributed by atoms with Crippen molar-refractivity contribution in [3.05, 3.63) is 47.8 Å². The molecule has 7 nitrogen and oxygen atoms in total. The minimum absolute atomic E-state index is 0.0894. The van der Waals surface area contributed by atoms with Crippen molar-refractivity contribution in [3.8, 4) is 0 Å². The molecule has 0 spiro atoms. The number of hydrogen-bond donors (Lipinski definition) is 1. The number of aromatic nitrogens is 2. The minimum Gasteiger partial charge on any atom is -0.392 e. The maximum Gasteiger partial charge on any atom is 0.225 e. The summed E-state index contributed by atoms with van der Waals surface area (Å²) in [5.74, 6) is 0.719. The number of aliphatic hydroxyl groups is 1. The number of benzene rings is 1. The number of aliphatic hydroxyl groups excluding tert-OH is 1. The fraction of sp³-hybridized carbons (Fsp3) is 0.565. The molecule has 3 atom stereocenters. The summed E-state index contributed by atoms with van der Waals surface area (Å²) >= 11 is 0. The van der Waals surface area contributed by atoms with E-state index >= 15 is 0 Å². The van der Waals surface area contributed by atoms with E-state index in [9.17, 15) is 22.3 Å². The molecule has 1 saturated heterocycles. The van der Waals surface area contributed by atoms with Crippen molar-refractivity contribution in [1.82, 2.24) is 9.97 Å². The average Bonchev–Trinajstić information content (AvgIpc) is 3.54. The number of sulfone groups is 1. The minimum atomic E-state index is -3.72. The molecule has 2 fully saturated rings. The van der Waals surface area contributed by atoms with Gasteiger partial charge < -0.3 is 14.7 Å². The van der Waals surface area contributed by atoms with E-state index in [0.717, 1.165) is 38.4 Å². The van der Waals surface area contributed by atoms with Gasteiger partial charge in [-0.05, 0) is 56.1 Å². The molecule has 180 valence electrons. The number of nitrogens with zero attached hydrogens (tertiary/aromatic N) is 3. The van der Waals surface area contributed by atoms with Gasteiger partial charge >= 0.3 is 0 Å². The summed E-state index contributed by atoms with van der Waals surface area (Å²) in [4.78, 5) is 10.1. The monoisotopic (exact) mass is 481 g/mol.